The summed E-state index contributed by atoms with van der Waals surface area (Å²) < 4.78 is 10.6. The van der Waals surface area contributed by atoms with Crippen molar-refractivity contribution in [3.05, 3.63) is 23.8 Å². The number of benzene rings is 1. The number of rotatable bonds is 5. The van der Waals surface area contributed by atoms with Gasteiger partial charge in [-0.3, -0.25) is 0 Å². The molecule has 0 saturated carbocycles. The van der Waals surface area contributed by atoms with E-state index in [1.807, 2.05) is 25.1 Å². The monoisotopic (exact) mass is 223 g/mol. The average Bonchev–Trinajstić information content (AvgIpc) is 2.75. The Hall–Kier alpha value is -1.26. The fourth-order valence-corrected chi connectivity index (χ4v) is 1.84. The summed E-state index contributed by atoms with van der Waals surface area (Å²) in [7, 11) is 0. The number of nitrogens with one attached hydrogen (secondary N) is 1. The lowest BCUT2D eigenvalue weighted by molar-refractivity contribution is 0.174. The molecular formula is C12H17NO3. The third-order valence-electron chi connectivity index (χ3n) is 2.63. The average molecular weight is 223 g/mol. The molecular weight excluding hydrogens is 206 g/mol. The van der Waals surface area contributed by atoms with E-state index in [0.717, 1.165) is 30.0 Å². The van der Waals surface area contributed by atoms with Gasteiger partial charge in [-0.1, -0.05) is 13.0 Å². The molecule has 1 aliphatic rings. The van der Waals surface area contributed by atoms with Crippen LogP contribution in [0, 0.1) is 0 Å². The van der Waals surface area contributed by atoms with Gasteiger partial charge in [0.2, 0.25) is 6.79 Å². The first-order valence-electron chi connectivity index (χ1n) is 5.56. The zero-order valence-corrected chi connectivity index (χ0v) is 9.40. The standard InChI is InChI=1S/C12H17NO3/c1-2-13-10(7-14)5-9-3-4-11-12(6-9)16-8-15-11/h3-4,6,10,13-14H,2,5,7-8H2,1H3. The van der Waals surface area contributed by atoms with E-state index in [1.54, 1.807) is 0 Å². The van der Waals surface area contributed by atoms with Gasteiger partial charge in [0.1, 0.15) is 0 Å². The van der Waals surface area contributed by atoms with Crippen LogP contribution >= 0.6 is 0 Å². The van der Waals surface area contributed by atoms with Crippen molar-refractivity contribution in [3.8, 4) is 11.5 Å². The number of hydrogen-bond acceptors (Lipinski definition) is 4. The summed E-state index contributed by atoms with van der Waals surface area (Å²) in [4.78, 5) is 0. The molecule has 0 aromatic heterocycles. The van der Waals surface area contributed by atoms with Crippen molar-refractivity contribution in [3.63, 3.8) is 0 Å². The van der Waals surface area contributed by atoms with Gasteiger partial charge < -0.3 is 19.9 Å². The van der Waals surface area contributed by atoms with Crippen LogP contribution in [0.5, 0.6) is 11.5 Å². The molecule has 16 heavy (non-hydrogen) atoms. The van der Waals surface area contributed by atoms with Gasteiger partial charge in [-0.15, -0.1) is 0 Å². The highest BCUT2D eigenvalue weighted by molar-refractivity contribution is 5.44. The molecule has 2 N–H and O–H groups in total. The van der Waals surface area contributed by atoms with Crippen molar-refractivity contribution >= 4 is 0 Å². The summed E-state index contributed by atoms with van der Waals surface area (Å²) >= 11 is 0. The van der Waals surface area contributed by atoms with Crippen LogP contribution in [-0.4, -0.2) is 31.1 Å². The molecule has 0 aliphatic carbocycles. The molecule has 0 bridgehead atoms. The van der Waals surface area contributed by atoms with E-state index in [4.69, 9.17) is 9.47 Å². The van der Waals surface area contributed by atoms with E-state index in [-0.39, 0.29) is 12.6 Å². The molecule has 1 aromatic carbocycles. The first kappa shape index (κ1) is 11.2. The Kier molecular flexibility index (Phi) is 3.64. The molecule has 1 heterocycles. The van der Waals surface area contributed by atoms with Gasteiger partial charge in [0.05, 0.1) is 6.61 Å². The molecule has 0 radical (unpaired) electrons. The van der Waals surface area contributed by atoms with Gasteiger partial charge >= 0.3 is 0 Å². The summed E-state index contributed by atoms with van der Waals surface area (Å²) in [5.41, 5.74) is 1.14. The molecule has 0 fully saturated rings. The number of likely N-dealkylation sites (N-methyl/N-ethyl adjacent to an activating group) is 1. The first-order valence-corrected chi connectivity index (χ1v) is 5.56. The van der Waals surface area contributed by atoms with Crippen LogP contribution in [0.25, 0.3) is 0 Å². The predicted octanol–water partition coefficient (Wildman–Crippen LogP) is 0.928. The van der Waals surface area contributed by atoms with Crippen LogP contribution < -0.4 is 14.8 Å². The second kappa shape index (κ2) is 5.18. The maximum absolute atomic E-state index is 9.19. The summed E-state index contributed by atoms with van der Waals surface area (Å²) in [5.74, 6) is 1.60. The SMILES string of the molecule is CCNC(CO)Cc1ccc2c(c1)OCO2. The minimum absolute atomic E-state index is 0.102. The third kappa shape index (κ3) is 2.46. The Morgan fingerprint density at radius 3 is 2.94 bits per heavy atom. The fraction of sp³-hybridized carbons (Fsp3) is 0.500. The van der Waals surface area contributed by atoms with E-state index < -0.39 is 0 Å². The van der Waals surface area contributed by atoms with Crippen LogP contribution in [0.1, 0.15) is 12.5 Å². The highest BCUT2D eigenvalue weighted by Gasteiger charge is 2.14. The van der Waals surface area contributed by atoms with Gasteiger partial charge in [-0.2, -0.15) is 0 Å². The summed E-state index contributed by atoms with van der Waals surface area (Å²) in [5, 5.41) is 12.4. The number of ether oxygens (including phenoxy) is 2. The van der Waals surface area contributed by atoms with Crippen molar-refractivity contribution in [2.75, 3.05) is 19.9 Å². The molecule has 1 unspecified atom stereocenters. The lowest BCUT2D eigenvalue weighted by Gasteiger charge is -2.15. The number of hydrogen-bond donors (Lipinski definition) is 2. The van der Waals surface area contributed by atoms with Gasteiger partial charge in [0.25, 0.3) is 0 Å². The maximum Gasteiger partial charge on any atom is 0.231 e. The number of aliphatic hydroxyl groups excluding tert-OH is 1. The van der Waals surface area contributed by atoms with Crippen molar-refractivity contribution in [2.45, 2.75) is 19.4 Å². The Morgan fingerprint density at radius 1 is 1.38 bits per heavy atom. The fourth-order valence-electron chi connectivity index (χ4n) is 1.84. The van der Waals surface area contributed by atoms with Gasteiger partial charge in [-0.05, 0) is 30.7 Å². The highest BCUT2D eigenvalue weighted by atomic mass is 16.7. The molecule has 0 amide bonds. The first-order chi connectivity index (χ1) is 7.83. The summed E-state index contributed by atoms with van der Waals surface area (Å²) in [6.07, 6.45) is 0.793. The molecule has 4 nitrogen and oxygen atoms in total. The zero-order valence-electron chi connectivity index (χ0n) is 9.40. The van der Waals surface area contributed by atoms with Crippen LogP contribution in [-0.2, 0) is 6.42 Å². The van der Waals surface area contributed by atoms with Crippen LogP contribution in [0.2, 0.25) is 0 Å². The lowest BCUT2D eigenvalue weighted by atomic mass is 10.1. The minimum Gasteiger partial charge on any atom is -0.454 e. The Morgan fingerprint density at radius 2 is 2.19 bits per heavy atom. The normalized spacial score (nSPS) is 15.1. The Bertz CT molecular complexity index is 354. The topological polar surface area (TPSA) is 50.7 Å². The predicted molar refractivity (Wildman–Crippen MR) is 60.8 cm³/mol. The van der Waals surface area contributed by atoms with Crippen molar-refractivity contribution in [1.82, 2.24) is 5.32 Å². The van der Waals surface area contributed by atoms with E-state index in [1.165, 1.54) is 0 Å². The van der Waals surface area contributed by atoms with E-state index >= 15 is 0 Å². The molecule has 88 valence electrons. The minimum atomic E-state index is 0.102. The van der Waals surface area contributed by atoms with Crippen molar-refractivity contribution < 1.29 is 14.6 Å². The van der Waals surface area contributed by atoms with E-state index in [0.29, 0.717) is 6.79 Å². The summed E-state index contributed by atoms with van der Waals surface area (Å²) in [6, 6.07) is 6.00. The Labute approximate surface area is 95.2 Å². The van der Waals surface area contributed by atoms with Crippen molar-refractivity contribution in [2.24, 2.45) is 0 Å². The Balaban J connectivity index is 2.04. The number of fused-ring (bicyclic) bond motifs is 1. The van der Waals surface area contributed by atoms with Gasteiger partial charge in [-0.25, -0.2) is 0 Å². The lowest BCUT2D eigenvalue weighted by Crippen LogP contribution is -2.34. The molecule has 1 aliphatic heterocycles. The zero-order chi connectivity index (χ0) is 11.4. The summed E-state index contributed by atoms with van der Waals surface area (Å²) in [6.45, 7) is 3.33. The smallest absolute Gasteiger partial charge is 0.231 e. The quantitative estimate of drug-likeness (QED) is 0.779. The van der Waals surface area contributed by atoms with Crippen molar-refractivity contribution in [1.29, 1.82) is 0 Å². The van der Waals surface area contributed by atoms with Gasteiger partial charge in [0, 0.05) is 6.04 Å². The van der Waals surface area contributed by atoms with E-state index in [2.05, 4.69) is 5.32 Å². The van der Waals surface area contributed by atoms with Crippen LogP contribution in [0.3, 0.4) is 0 Å². The van der Waals surface area contributed by atoms with E-state index in [9.17, 15) is 5.11 Å². The second-order valence-electron chi connectivity index (χ2n) is 3.83. The molecule has 1 atom stereocenters. The molecule has 0 spiro atoms. The van der Waals surface area contributed by atoms with Gasteiger partial charge in [0.15, 0.2) is 11.5 Å². The highest BCUT2D eigenvalue weighted by Crippen LogP contribution is 2.32. The molecule has 2 rings (SSSR count). The molecule has 0 saturated heterocycles. The molecule has 4 heteroatoms. The third-order valence-corrected chi connectivity index (χ3v) is 2.63. The largest absolute Gasteiger partial charge is 0.454 e. The maximum atomic E-state index is 9.19. The van der Waals surface area contributed by atoms with Crippen LogP contribution in [0.15, 0.2) is 18.2 Å². The number of aliphatic hydroxyl groups is 1. The second-order valence-corrected chi connectivity index (χ2v) is 3.83. The van der Waals surface area contributed by atoms with Crippen LogP contribution in [0.4, 0.5) is 0 Å². The molecule has 1 aromatic rings.